The minimum Gasteiger partial charge on any atom is -0.506 e. The smallest absolute Gasteiger partial charge is 0.336 e. The van der Waals surface area contributed by atoms with E-state index >= 15 is 0 Å². The Morgan fingerprint density at radius 3 is 2.45 bits per heavy atom. The molecule has 0 saturated heterocycles. The zero-order valence-electron chi connectivity index (χ0n) is 11.0. The van der Waals surface area contributed by atoms with Crippen molar-refractivity contribution in [2.24, 2.45) is 0 Å². The molecule has 22 heavy (non-hydrogen) atoms. The van der Waals surface area contributed by atoms with Gasteiger partial charge < -0.3 is 10.2 Å². The van der Waals surface area contributed by atoms with Crippen LogP contribution in [0.3, 0.4) is 0 Å². The van der Waals surface area contributed by atoms with E-state index in [0.717, 1.165) is 5.56 Å². The zero-order valence-corrected chi connectivity index (χ0v) is 13.4. The third-order valence-electron chi connectivity index (χ3n) is 3.23. The molecule has 0 bridgehead atoms. The molecule has 1 heterocycles. The summed E-state index contributed by atoms with van der Waals surface area (Å²) in [7, 11) is 0. The van der Waals surface area contributed by atoms with E-state index in [1.165, 1.54) is 12.1 Å². The Bertz CT molecular complexity index is 894. The molecule has 0 aliphatic heterocycles. The van der Waals surface area contributed by atoms with Crippen LogP contribution in [0, 0.1) is 0 Å². The number of hydrogen-bond acceptors (Lipinski definition) is 3. The van der Waals surface area contributed by atoms with E-state index in [4.69, 9.17) is 11.6 Å². The van der Waals surface area contributed by atoms with Crippen molar-refractivity contribution in [2.45, 2.75) is 0 Å². The number of nitrogens with zero attached hydrogens (tertiary/aromatic N) is 1. The molecular weight excluding hydrogens is 370 g/mol. The Hall–Kier alpha value is -2.11. The average Bonchev–Trinajstić information content (AvgIpc) is 2.47. The first-order valence-electron chi connectivity index (χ1n) is 6.28. The molecule has 0 amide bonds. The number of fused-ring (bicyclic) bond motifs is 1. The summed E-state index contributed by atoms with van der Waals surface area (Å²) < 4.78 is 0.584. The molecule has 6 heteroatoms. The van der Waals surface area contributed by atoms with Crippen molar-refractivity contribution in [3.8, 4) is 17.0 Å². The molecule has 0 saturated carbocycles. The van der Waals surface area contributed by atoms with Gasteiger partial charge in [0.2, 0.25) is 0 Å². The monoisotopic (exact) mass is 377 g/mol. The number of benzene rings is 2. The molecule has 0 atom stereocenters. The largest absolute Gasteiger partial charge is 0.506 e. The van der Waals surface area contributed by atoms with Crippen molar-refractivity contribution in [3.63, 3.8) is 0 Å². The van der Waals surface area contributed by atoms with E-state index in [1.54, 1.807) is 30.3 Å². The Balaban J connectivity index is 2.34. The summed E-state index contributed by atoms with van der Waals surface area (Å²) in [6.07, 6.45) is 0. The summed E-state index contributed by atoms with van der Waals surface area (Å²) in [5, 5.41) is 20.5. The van der Waals surface area contributed by atoms with Crippen LogP contribution in [-0.4, -0.2) is 21.2 Å². The van der Waals surface area contributed by atoms with Crippen LogP contribution < -0.4 is 0 Å². The van der Waals surface area contributed by atoms with Crippen molar-refractivity contribution in [1.82, 2.24) is 4.98 Å². The molecule has 2 aromatic carbocycles. The van der Waals surface area contributed by atoms with Crippen LogP contribution in [-0.2, 0) is 0 Å². The maximum absolute atomic E-state index is 11.5. The number of rotatable bonds is 2. The third kappa shape index (κ3) is 2.65. The zero-order chi connectivity index (χ0) is 15.9. The fraction of sp³-hybridized carbons (Fsp3) is 0. The lowest BCUT2D eigenvalue weighted by atomic mass is 10.0. The predicted molar refractivity (Wildman–Crippen MR) is 88.5 cm³/mol. The number of carboxylic acids is 1. The summed E-state index contributed by atoms with van der Waals surface area (Å²) in [5.41, 5.74) is 1.50. The molecule has 0 aliphatic rings. The number of phenols is 1. The van der Waals surface area contributed by atoms with Crippen LogP contribution >= 0.6 is 27.5 Å². The van der Waals surface area contributed by atoms with Gasteiger partial charge in [0.05, 0.1) is 11.3 Å². The van der Waals surface area contributed by atoms with Crippen LogP contribution in [0.15, 0.2) is 46.9 Å². The lowest BCUT2D eigenvalue weighted by Gasteiger charge is -2.09. The number of pyridine rings is 1. The molecule has 4 nitrogen and oxygen atoms in total. The standard InChI is InChI=1S/C16H9BrClNO3/c17-9-5-11-12(16(21)22)7-13(19-15(11)14(20)6-9)8-1-3-10(18)4-2-8/h1-7,20H,(H,21,22). The topological polar surface area (TPSA) is 70.4 Å². The lowest BCUT2D eigenvalue weighted by molar-refractivity contribution is 0.0699. The Morgan fingerprint density at radius 2 is 1.82 bits per heavy atom. The normalized spacial score (nSPS) is 10.8. The molecule has 0 aliphatic carbocycles. The van der Waals surface area contributed by atoms with Crippen molar-refractivity contribution in [2.75, 3.05) is 0 Å². The molecular formula is C16H9BrClNO3. The van der Waals surface area contributed by atoms with Gasteiger partial charge in [-0.05, 0) is 30.3 Å². The predicted octanol–water partition coefficient (Wildman–Crippen LogP) is 4.72. The van der Waals surface area contributed by atoms with Crippen molar-refractivity contribution >= 4 is 44.4 Å². The van der Waals surface area contributed by atoms with Crippen LogP contribution in [0.1, 0.15) is 10.4 Å². The molecule has 0 unspecified atom stereocenters. The van der Waals surface area contributed by atoms with E-state index in [-0.39, 0.29) is 16.8 Å². The van der Waals surface area contributed by atoms with Gasteiger partial charge in [-0.15, -0.1) is 0 Å². The number of aromatic nitrogens is 1. The number of hydrogen-bond donors (Lipinski definition) is 2. The minimum atomic E-state index is -1.08. The molecule has 0 spiro atoms. The second-order valence-corrected chi connectivity index (χ2v) is 6.04. The van der Waals surface area contributed by atoms with Gasteiger partial charge in [-0.2, -0.15) is 0 Å². The highest BCUT2D eigenvalue weighted by atomic mass is 79.9. The van der Waals surface area contributed by atoms with Gasteiger partial charge >= 0.3 is 5.97 Å². The molecule has 110 valence electrons. The van der Waals surface area contributed by atoms with Crippen molar-refractivity contribution < 1.29 is 15.0 Å². The van der Waals surface area contributed by atoms with Crippen molar-refractivity contribution in [3.05, 3.63) is 57.5 Å². The van der Waals surface area contributed by atoms with Gasteiger partial charge in [0.1, 0.15) is 11.3 Å². The summed E-state index contributed by atoms with van der Waals surface area (Å²) >= 11 is 9.10. The quantitative estimate of drug-likeness (QED) is 0.677. The SMILES string of the molecule is O=C(O)c1cc(-c2ccc(Cl)cc2)nc2c(O)cc(Br)cc12. The average molecular weight is 379 g/mol. The van der Waals surface area contributed by atoms with Gasteiger partial charge in [0.15, 0.2) is 0 Å². The number of phenolic OH excluding ortho intramolecular Hbond substituents is 1. The van der Waals surface area contributed by atoms with Gasteiger partial charge in [0, 0.05) is 20.4 Å². The first-order chi connectivity index (χ1) is 10.5. The van der Waals surface area contributed by atoms with Crippen LogP contribution in [0.2, 0.25) is 5.02 Å². The molecule has 3 rings (SSSR count). The van der Waals surface area contributed by atoms with Gasteiger partial charge in [-0.3, -0.25) is 0 Å². The molecule has 3 aromatic rings. The summed E-state index contributed by atoms with van der Waals surface area (Å²) in [6, 6.07) is 11.5. The van der Waals surface area contributed by atoms with Crippen molar-refractivity contribution in [1.29, 1.82) is 0 Å². The first-order valence-corrected chi connectivity index (χ1v) is 7.45. The maximum atomic E-state index is 11.5. The molecule has 0 fully saturated rings. The number of carboxylic acid groups (broad SMARTS) is 1. The number of aromatic carboxylic acids is 1. The van der Waals surface area contributed by atoms with E-state index in [0.29, 0.717) is 20.6 Å². The van der Waals surface area contributed by atoms with E-state index in [9.17, 15) is 15.0 Å². The maximum Gasteiger partial charge on any atom is 0.336 e. The molecule has 2 N–H and O–H groups in total. The lowest BCUT2D eigenvalue weighted by Crippen LogP contribution is -2.00. The second-order valence-electron chi connectivity index (χ2n) is 4.69. The molecule has 0 radical (unpaired) electrons. The highest BCUT2D eigenvalue weighted by Gasteiger charge is 2.16. The highest BCUT2D eigenvalue weighted by Crippen LogP contribution is 2.33. The van der Waals surface area contributed by atoms with E-state index < -0.39 is 5.97 Å². The Labute approximate surface area is 139 Å². The van der Waals surface area contributed by atoms with Crippen LogP contribution in [0.25, 0.3) is 22.2 Å². The van der Waals surface area contributed by atoms with E-state index in [1.807, 2.05) is 0 Å². The summed E-state index contributed by atoms with van der Waals surface area (Å²) in [4.78, 5) is 15.9. The van der Waals surface area contributed by atoms with E-state index in [2.05, 4.69) is 20.9 Å². The number of halogens is 2. The van der Waals surface area contributed by atoms with Crippen LogP contribution in [0.5, 0.6) is 5.75 Å². The molecule has 1 aromatic heterocycles. The highest BCUT2D eigenvalue weighted by molar-refractivity contribution is 9.10. The fourth-order valence-electron chi connectivity index (χ4n) is 2.22. The first kappa shape index (κ1) is 14.8. The second kappa shape index (κ2) is 5.59. The summed E-state index contributed by atoms with van der Waals surface area (Å²) in [5.74, 6) is -1.16. The van der Waals surface area contributed by atoms with Gasteiger partial charge in [-0.1, -0.05) is 39.7 Å². The number of carbonyl (C=O) groups is 1. The third-order valence-corrected chi connectivity index (χ3v) is 3.94. The van der Waals surface area contributed by atoms with Crippen LogP contribution in [0.4, 0.5) is 0 Å². The van der Waals surface area contributed by atoms with Gasteiger partial charge in [0.25, 0.3) is 0 Å². The summed E-state index contributed by atoms with van der Waals surface area (Å²) in [6.45, 7) is 0. The Kier molecular flexibility index (Phi) is 3.76. The fourth-order valence-corrected chi connectivity index (χ4v) is 2.79. The minimum absolute atomic E-state index is 0.0755. The van der Waals surface area contributed by atoms with Gasteiger partial charge in [-0.25, -0.2) is 9.78 Å². The number of aromatic hydroxyl groups is 1. The Morgan fingerprint density at radius 1 is 1.14 bits per heavy atom.